The van der Waals surface area contributed by atoms with E-state index in [9.17, 15) is 4.79 Å². The van der Waals surface area contributed by atoms with Crippen LogP contribution in [0.15, 0.2) is 24.3 Å². The zero-order chi connectivity index (χ0) is 14.5. The van der Waals surface area contributed by atoms with Crippen LogP contribution in [0.3, 0.4) is 0 Å². The van der Waals surface area contributed by atoms with Crippen molar-refractivity contribution in [1.29, 1.82) is 0 Å². The number of carbonyl (C=O) groups excluding carboxylic acids is 1. The molecule has 1 aromatic carbocycles. The van der Waals surface area contributed by atoms with Crippen LogP contribution in [0.1, 0.15) is 19.8 Å². The first-order valence-electron chi connectivity index (χ1n) is 6.34. The van der Waals surface area contributed by atoms with Gasteiger partial charge < -0.3 is 15.8 Å². The van der Waals surface area contributed by atoms with Crippen LogP contribution in [0.25, 0.3) is 11.3 Å². The molecular weight excluding hydrogens is 274 g/mol. The Morgan fingerprint density at radius 3 is 3.00 bits per heavy atom. The molecule has 0 unspecified atom stereocenters. The highest BCUT2D eigenvalue weighted by Crippen LogP contribution is 2.34. The fourth-order valence-electron chi connectivity index (χ4n) is 1.77. The van der Waals surface area contributed by atoms with E-state index < -0.39 is 0 Å². The fraction of sp³-hybridized carbons (Fsp3) is 0.286. The number of nitrogens with two attached hydrogens (primary N) is 1. The highest BCUT2D eigenvalue weighted by molar-refractivity contribution is 7.20. The van der Waals surface area contributed by atoms with Crippen LogP contribution in [0.5, 0.6) is 5.75 Å². The van der Waals surface area contributed by atoms with Crippen molar-refractivity contribution in [2.75, 3.05) is 18.2 Å². The van der Waals surface area contributed by atoms with Crippen LogP contribution in [0.2, 0.25) is 0 Å². The predicted octanol–water partition coefficient (Wildman–Crippen LogP) is 3.14. The summed E-state index contributed by atoms with van der Waals surface area (Å²) < 4.78 is 5.18. The third-order valence-electron chi connectivity index (χ3n) is 2.72. The molecule has 2 aromatic rings. The number of rotatable bonds is 5. The van der Waals surface area contributed by atoms with Crippen LogP contribution < -0.4 is 15.8 Å². The first kappa shape index (κ1) is 14.3. The average Bonchev–Trinajstić information content (AvgIpc) is 2.79. The number of carbonyl (C=O) groups is 1. The van der Waals surface area contributed by atoms with Gasteiger partial charge in [-0.25, -0.2) is 4.98 Å². The van der Waals surface area contributed by atoms with Crippen LogP contribution in [-0.4, -0.2) is 18.0 Å². The Morgan fingerprint density at radius 1 is 1.50 bits per heavy atom. The molecule has 6 heteroatoms. The number of nitrogen functional groups attached to an aromatic ring is 1. The minimum Gasteiger partial charge on any atom is -0.497 e. The summed E-state index contributed by atoms with van der Waals surface area (Å²) in [6.07, 6.45) is 1.28. The lowest BCUT2D eigenvalue weighted by Crippen LogP contribution is -2.10. The van der Waals surface area contributed by atoms with Crippen molar-refractivity contribution in [3.8, 4) is 17.0 Å². The molecule has 0 aliphatic carbocycles. The molecule has 0 aliphatic heterocycles. The maximum absolute atomic E-state index is 11.6. The van der Waals surface area contributed by atoms with E-state index in [0.717, 1.165) is 17.7 Å². The minimum atomic E-state index is -0.0431. The quantitative estimate of drug-likeness (QED) is 0.887. The van der Waals surface area contributed by atoms with E-state index in [4.69, 9.17) is 10.5 Å². The molecule has 106 valence electrons. The van der Waals surface area contributed by atoms with Gasteiger partial charge in [-0.15, -0.1) is 0 Å². The standard InChI is InChI=1S/C14H17N3O2S/c1-3-5-11(18)16-14-17-12(13(15)20-14)9-6-4-7-10(8-9)19-2/h4,6-8H,3,5,15H2,1-2H3,(H,16,17,18). The van der Waals surface area contributed by atoms with Crippen LogP contribution in [0, 0.1) is 0 Å². The lowest BCUT2D eigenvalue weighted by molar-refractivity contribution is -0.116. The van der Waals surface area contributed by atoms with Gasteiger partial charge in [0, 0.05) is 12.0 Å². The molecule has 0 aliphatic rings. The van der Waals surface area contributed by atoms with Crippen molar-refractivity contribution in [2.45, 2.75) is 19.8 Å². The summed E-state index contributed by atoms with van der Waals surface area (Å²) in [7, 11) is 1.61. The molecule has 5 nitrogen and oxygen atoms in total. The van der Waals surface area contributed by atoms with Crippen LogP contribution >= 0.6 is 11.3 Å². The van der Waals surface area contributed by atoms with Crippen LogP contribution in [0.4, 0.5) is 10.1 Å². The summed E-state index contributed by atoms with van der Waals surface area (Å²) in [5, 5.41) is 3.86. The topological polar surface area (TPSA) is 77.2 Å². The largest absolute Gasteiger partial charge is 0.497 e. The Balaban J connectivity index is 2.24. The molecule has 20 heavy (non-hydrogen) atoms. The molecule has 3 N–H and O–H groups in total. The van der Waals surface area contributed by atoms with E-state index in [1.54, 1.807) is 7.11 Å². The number of hydrogen-bond acceptors (Lipinski definition) is 5. The second-order valence-corrected chi connectivity index (χ2v) is 5.29. The molecular formula is C14H17N3O2S. The lowest BCUT2D eigenvalue weighted by Gasteiger charge is -2.02. The molecule has 0 saturated heterocycles. The van der Waals surface area contributed by atoms with Gasteiger partial charge in [-0.1, -0.05) is 30.4 Å². The summed E-state index contributed by atoms with van der Waals surface area (Å²) in [5.41, 5.74) is 7.52. The highest BCUT2D eigenvalue weighted by atomic mass is 32.1. The minimum absolute atomic E-state index is 0.0431. The average molecular weight is 291 g/mol. The third-order valence-corrected chi connectivity index (χ3v) is 3.52. The zero-order valence-corrected chi connectivity index (χ0v) is 12.3. The number of aromatic nitrogens is 1. The SMILES string of the molecule is CCCC(=O)Nc1nc(-c2cccc(OC)c2)c(N)s1. The summed E-state index contributed by atoms with van der Waals surface area (Å²) >= 11 is 1.27. The number of nitrogens with one attached hydrogen (secondary N) is 1. The van der Waals surface area contributed by atoms with Gasteiger partial charge in [0.25, 0.3) is 0 Å². The Morgan fingerprint density at radius 2 is 2.30 bits per heavy atom. The van der Waals surface area contributed by atoms with Crippen molar-refractivity contribution >= 4 is 27.4 Å². The van der Waals surface area contributed by atoms with Crippen molar-refractivity contribution in [2.24, 2.45) is 0 Å². The number of thiazole rings is 1. The zero-order valence-electron chi connectivity index (χ0n) is 11.5. The maximum atomic E-state index is 11.6. The molecule has 2 rings (SSSR count). The number of methoxy groups -OCH3 is 1. The van der Waals surface area contributed by atoms with Gasteiger partial charge in [0.1, 0.15) is 16.4 Å². The summed E-state index contributed by atoms with van der Waals surface area (Å²) in [6.45, 7) is 1.96. The van der Waals surface area contributed by atoms with E-state index in [2.05, 4.69) is 10.3 Å². The first-order chi connectivity index (χ1) is 9.63. The second-order valence-electron chi connectivity index (χ2n) is 4.26. The predicted molar refractivity (Wildman–Crippen MR) is 82.1 cm³/mol. The number of anilines is 2. The van der Waals surface area contributed by atoms with E-state index >= 15 is 0 Å². The van der Waals surface area contributed by atoms with Crippen molar-refractivity contribution in [1.82, 2.24) is 4.98 Å². The van der Waals surface area contributed by atoms with Crippen molar-refractivity contribution < 1.29 is 9.53 Å². The van der Waals surface area contributed by atoms with Gasteiger partial charge in [0.2, 0.25) is 5.91 Å². The van der Waals surface area contributed by atoms with E-state index in [1.165, 1.54) is 11.3 Å². The Kier molecular flexibility index (Phi) is 4.57. The molecule has 0 atom stereocenters. The Labute approximate surface area is 121 Å². The molecule has 0 fully saturated rings. The summed E-state index contributed by atoms with van der Waals surface area (Å²) in [5.74, 6) is 0.699. The fourth-order valence-corrected chi connectivity index (χ4v) is 2.54. The smallest absolute Gasteiger partial charge is 0.226 e. The summed E-state index contributed by atoms with van der Waals surface area (Å²) in [4.78, 5) is 15.9. The van der Waals surface area contributed by atoms with E-state index in [1.807, 2.05) is 31.2 Å². The molecule has 0 spiro atoms. The van der Waals surface area contributed by atoms with Gasteiger partial charge in [0.05, 0.1) is 7.11 Å². The maximum Gasteiger partial charge on any atom is 0.226 e. The summed E-state index contributed by atoms with van der Waals surface area (Å²) in [6, 6.07) is 7.51. The van der Waals surface area contributed by atoms with Crippen molar-refractivity contribution in [3.05, 3.63) is 24.3 Å². The second kappa shape index (κ2) is 6.38. The van der Waals surface area contributed by atoms with Crippen LogP contribution in [-0.2, 0) is 4.79 Å². The number of nitrogens with zero attached hydrogens (tertiary/aromatic N) is 1. The number of hydrogen-bond donors (Lipinski definition) is 2. The molecule has 0 bridgehead atoms. The number of benzene rings is 1. The van der Waals surface area contributed by atoms with E-state index in [-0.39, 0.29) is 5.91 Å². The lowest BCUT2D eigenvalue weighted by atomic mass is 10.1. The Bertz CT molecular complexity index is 610. The number of amides is 1. The molecule has 1 heterocycles. The third kappa shape index (κ3) is 3.27. The van der Waals surface area contributed by atoms with Gasteiger partial charge in [-0.2, -0.15) is 0 Å². The normalized spacial score (nSPS) is 10.3. The van der Waals surface area contributed by atoms with Gasteiger partial charge >= 0.3 is 0 Å². The van der Waals surface area contributed by atoms with Gasteiger partial charge in [0.15, 0.2) is 5.13 Å². The molecule has 1 amide bonds. The van der Waals surface area contributed by atoms with Gasteiger partial charge in [-0.05, 0) is 18.6 Å². The highest BCUT2D eigenvalue weighted by Gasteiger charge is 2.13. The number of ether oxygens (including phenoxy) is 1. The van der Waals surface area contributed by atoms with Crippen molar-refractivity contribution in [3.63, 3.8) is 0 Å². The first-order valence-corrected chi connectivity index (χ1v) is 7.16. The molecule has 0 saturated carbocycles. The Hall–Kier alpha value is -2.08. The molecule has 0 radical (unpaired) electrons. The van der Waals surface area contributed by atoms with E-state index in [0.29, 0.717) is 22.2 Å². The monoisotopic (exact) mass is 291 g/mol. The van der Waals surface area contributed by atoms with Gasteiger partial charge in [-0.3, -0.25) is 4.79 Å². The molecule has 1 aromatic heterocycles.